The van der Waals surface area contributed by atoms with Crippen LogP contribution in [-0.2, 0) is 16.1 Å². The maximum atomic E-state index is 11.8. The molecule has 0 unspecified atom stereocenters. The second-order valence-corrected chi connectivity index (χ2v) is 5.29. The van der Waals surface area contributed by atoms with Crippen molar-refractivity contribution in [2.45, 2.75) is 25.5 Å². The molecule has 0 aromatic heterocycles. The van der Waals surface area contributed by atoms with Crippen LogP contribution in [-0.4, -0.2) is 34.7 Å². The van der Waals surface area contributed by atoms with Crippen LogP contribution in [0.4, 0.5) is 4.79 Å². The van der Waals surface area contributed by atoms with Gasteiger partial charge in [-0.1, -0.05) is 28.1 Å². The topological polar surface area (TPSA) is 66.8 Å². The van der Waals surface area contributed by atoms with E-state index in [-0.39, 0.29) is 6.61 Å². The van der Waals surface area contributed by atoms with E-state index in [1.54, 1.807) is 0 Å². The molecule has 6 heteroatoms. The van der Waals surface area contributed by atoms with E-state index >= 15 is 0 Å². The average Bonchev–Trinajstić information content (AvgIpc) is 2.87. The van der Waals surface area contributed by atoms with Gasteiger partial charge in [-0.2, -0.15) is 0 Å². The number of carbonyl (C=O) groups is 2. The van der Waals surface area contributed by atoms with Crippen LogP contribution in [0.5, 0.6) is 0 Å². The first-order chi connectivity index (χ1) is 9.08. The van der Waals surface area contributed by atoms with Gasteiger partial charge in [-0.3, -0.25) is 4.90 Å². The highest BCUT2D eigenvalue weighted by atomic mass is 79.9. The fraction of sp³-hybridized carbons (Fsp3) is 0.385. The van der Waals surface area contributed by atoms with Crippen LogP contribution in [0.15, 0.2) is 28.7 Å². The highest BCUT2D eigenvalue weighted by Gasteiger charge is 2.34. The highest BCUT2D eigenvalue weighted by Crippen LogP contribution is 2.19. The zero-order valence-electron chi connectivity index (χ0n) is 10.2. The molecule has 19 heavy (non-hydrogen) atoms. The van der Waals surface area contributed by atoms with E-state index in [4.69, 9.17) is 9.84 Å². The van der Waals surface area contributed by atoms with Crippen LogP contribution >= 0.6 is 15.9 Å². The Hall–Kier alpha value is -1.56. The monoisotopic (exact) mass is 327 g/mol. The molecule has 1 heterocycles. The van der Waals surface area contributed by atoms with Crippen LogP contribution < -0.4 is 0 Å². The first-order valence-corrected chi connectivity index (χ1v) is 6.78. The molecule has 1 aliphatic heterocycles. The zero-order chi connectivity index (χ0) is 13.8. The van der Waals surface area contributed by atoms with E-state index in [1.165, 1.54) is 4.90 Å². The third-order valence-electron chi connectivity index (χ3n) is 3.05. The Morgan fingerprint density at radius 2 is 2.05 bits per heavy atom. The second kappa shape index (κ2) is 6.06. The summed E-state index contributed by atoms with van der Waals surface area (Å²) < 4.78 is 6.09. The Labute approximate surface area is 119 Å². The summed E-state index contributed by atoms with van der Waals surface area (Å²) in [6.07, 6.45) is 0.625. The number of carbonyl (C=O) groups excluding carboxylic acids is 1. The van der Waals surface area contributed by atoms with Gasteiger partial charge < -0.3 is 9.84 Å². The van der Waals surface area contributed by atoms with Crippen molar-refractivity contribution < 1.29 is 19.4 Å². The molecule has 1 atom stereocenters. The lowest BCUT2D eigenvalue weighted by atomic mass is 10.2. The largest absolute Gasteiger partial charge is 0.480 e. The number of rotatable bonds is 3. The SMILES string of the molecule is O=C(O)[C@H]1CCCN1C(=O)OCc1ccc(Br)cc1. The number of ether oxygens (including phenoxy) is 1. The summed E-state index contributed by atoms with van der Waals surface area (Å²) in [6, 6.07) is 6.65. The molecule has 0 aliphatic carbocycles. The number of amides is 1. The fourth-order valence-electron chi connectivity index (χ4n) is 2.05. The van der Waals surface area contributed by atoms with Crippen LogP contribution in [0.25, 0.3) is 0 Å². The number of likely N-dealkylation sites (tertiary alicyclic amines) is 1. The Morgan fingerprint density at radius 3 is 2.68 bits per heavy atom. The minimum Gasteiger partial charge on any atom is -0.480 e. The highest BCUT2D eigenvalue weighted by molar-refractivity contribution is 9.10. The van der Waals surface area contributed by atoms with Crippen molar-refractivity contribution in [3.05, 3.63) is 34.3 Å². The summed E-state index contributed by atoms with van der Waals surface area (Å²) in [7, 11) is 0. The molecule has 0 saturated carbocycles. The summed E-state index contributed by atoms with van der Waals surface area (Å²) in [4.78, 5) is 24.1. The van der Waals surface area contributed by atoms with E-state index in [0.717, 1.165) is 10.0 Å². The van der Waals surface area contributed by atoms with Crippen molar-refractivity contribution >= 4 is 28.0 Å². The van der Waals surface area contributed by atoms with Crippen molar-refractivity contribution in [1.29, 1.82) is 0 Å². The number of aliphatic carboxylic acids is 1. The standard InChI is InChI=1S/C13H14BrNO4/c14-10-5-3-9(4-6-10)8-19-13(18)15-7-1-2-11(15)12(16)17/h3-6,11H,1-2,7-8H2,(H,16,17)/t11-/m1/s1. The number of nitrogens with zero attached hydrogens (tertiary/aromatic N) is 1. The number of carboxylic acids is 1. The first-order valence-electron chi connectivity index (χ1n) is 5.98. The van der Waals surface area contributed by atoms with Crippen LogP contribution in [0, 0.1) is 0 Å². The molecule has 1 aromatic rings. The van der Waals surface area contributed by atoms with Gasteiger partial charge in [-0.25, -0.2) is 9.59 Å². The third-order valence-corrected chi connectivity index (χ3v) is 3.58. The molecule has 1 fully saturated rings. The normalized spacial score (nSPS) is 18.4. The first kappa shape index (κ1) is 13.9. The third kappa shape index (κ3) is 3.47. The number of hydrogen-bond acceptors (Lipinski definition) is 3. The Balaban J connectivity index is 1.90. The maximum Gasteiger partial charge on any atom is 0.410 e. The molecule has 1 amide bonds. The van der Waals surface area contributed by atoms with Gasteiger partial charge >= 0.3 is 12.1 Å². The summed E-state index contributed by atoms with van der Waals surface area (Å²) in [5, 5.41) is 8.99. The van der Waals surface area contributed by atoms with E-state index in [2.05, 4.69) is 15.9 Å². The summed E-state index contributed by atoms with van der Waals surface area (Å²) in [5.41, 5.74) is 0.864. The van der Waals surface area contributed by atoms with Crippen LogP contribution in [0.2, 0.25) is 0 Å². The molecule has 0 spiro atoms. The lowest BCUT2D eigenvalue weighted by molar-refractivity contribution is -0.141. The molecular weight excluding hydrogens is 314 g/mol. The predicted molar refractivity (Wildman–Crippen MR) is 71.7 cm³/mol. The Bertz CT molecular complexity index is 474. The second-order valence-electron chi connectivity index (χ2n) is 4.37. The zero-order valence-corrected chi connectivity index (χ0v) is 11.8. The Kier molecular flexibility index (Phi) is 4.42. The predicted octanol–water partition coefficient (Wildman–Crippen LogP) is 2.63. The fourth-order valence-corrected chi connectivity index (χ4v) is 2.31. The summed E-state index contributed by atoms with van der Waals surface area (Å²) in [6.45, 7) is 0.588. The summed E-state index contributed by atoms with van der Waals surface area (Å²) in [5.74, 6) is -0.974. The molecule has 1 N–H and O–H groups in total. The molecule has 1 aromatic carbocycles. The molecule has 2 rings (SSSR count). The number of hydrogen-bond donors (Lipinski definition) is 1. The Morgan fingerprint density at radius 1 is 1.37 bits per heavy atom. The smallest absolute Gasteiger partial charge is 0.410 e. The minimum absolute atomic E-state index is 0.148. The molecule has 1 saturated heterocycles. The molecular formula is C13H14BrNO4. The lowest BCUT2D eigenvalue weighted by Crippen LogP contribution is -2.40. The van der Waals surface area contributed by atoms with Gasteiger partial charge in [0.25, 0.3) is 0 Å². The molecule has 102 valence electrons. The van der Waals surface area contributed by atoms with Gasteiger partial charge in [0.1, 0.15) is 12.6 Å². The lowest BCUT2D eigenvalue weighted by Gasteiger charge is -2.20. The molecule has 0 bridgehead atoms. The number of carboxylic acid groups (broad SMARTS) is 1. The van der Waals surface area contributed by atoms with Gasteiger partial charge in [0.05, 0.1) is 0 Å². The van der Waals surface area contributed by atoms with Gasteiger partial charge in [0.15, 0.2) is 0 Å². The minimum atomic E-state index is -0.974. The number of benzene rings is 1. The van der Waals surface area contributed by atoms with Crippen molar-refractivity contribution in [3.8, 4) is 0 Å². The van der Waals surface area contributed by atoms with E-state index in [9.17, 15) is 9.59 Å². The number of halogens is 1. The van der Waals surface area contributed by atoms with Crippen molar-refractivity contribution in [1.82, 2.24) is 4.90 Å². The maximum absolute atomic E-state index is 11.8. The van der Waals surface area contributed by atoms with E-state index in [1.807, 2.05) is 24.3 Å². The average molecular weight is 328 g/mol. The molecule has 5 nitrogen and oxygen atoms in total. The van der Waals surface area contributed by atoms with Crippen LogP contribution in [0.1, 0.15) is 18.4 Å². The van der Waals surface area contributed by atoms with Gasteiger partial charge in [0.2, 0.25) is 0 Å². The molecule has 0 radical (unpaired) electrons. The molecule has 1 aliphatic rings. The van der Waals surface area contributed by atoms with Crippen molar-refractivity contribution in [3.63, 3.8) is 0 Å². The summed E-state index contributed by atoms with van der Waals surface area (Å²) >= 11 is 3.32. The van der Waals surface area contributed by atoms with Crippen LogP contribution in [0.3, 0.4) is 0 Å². The van der Waals surface area contributed by atoms with Gasteiger partial charge in [-0.05, 0) is 30.5 Å². The quantitative estimate of drug-likeness (QED) is 0.926. The van der Waals surface area contributed by atoms with E-state index < -0.39 is 18.1 Å². The van der Waals surface area contributed by atoms with Gasteiger partial charge in [0, 0.05) is 11.0 Å². The van der Waals surface area contributed by atoms with E-state index in [0.29, 0.717) is 19.4 Å². The van der Waals surface area contributed by atoms with Crippen molar-refractivity contribution in [2.24, 2.45) is 0 Å². The van der Waals surface area contributed by atoms with Crippen molar-refractivity contribution in [2.75, 3.05) is 6.54 Å². The van der Waals surface area contributed by atoms with Gasteiger partial charge in [-0.15, -0.1) is 0 Å².